The molecule has 3 heterocycles. The fourth-order valence-electron chi connectivity index (χ4n) is 3.92. The highest BCUT2D eigenvalue weighted by Crippen LogP contribution is 2.29. The lowest BCUT2D eigenvalue weighted by Gasteiger charge is -2.29. The summed E-state index contributed by atoms with van der Waals surface area (Å²) < 4.78 is 0. The van der Waals surface area contributed by atoms with Gasteiger partial charge in [0.2, 0.25) is 0 Å². The number of fused-ring (bicyclic) bond motifs is 2. The fourth-order valence-corrected chi connectivity index (χ4v) is 3.92. The van der Waals surface area contributed by atoms with Gasteiger partial charge in [-0.15, -0.1) is 0 Å². The van der Waals surface area contributed by atoms with Gasteiger partial charge in [0.1, 0.15) is 24.0 Å². The van der Waals surface area contributed by atoms with Gasteiger partial charge in [-0.3, -0.25) is 14.8 Å². The third-order valence-electron chi connectivity index (χ3n) is 5.92. The quantitative estimate of drug-likeness (QED) is 0.405. The van der Waals surface area contributed by atoms with Crippen molar-refractivity contribution in [2.75, 3.05) is 59.2 Å². The van der Waals surface area contributed by atoms with Crippen molar-refractivity contribution in [3.63, 3.8) is 0 Å². The Morgan fingerprint density at radius 3 is 2.76 bits per heavy atom. The van der Waals surface area contributed by atoms with E-state index >= 15 is 0 Å². The number of anilines is 1. The topological polar surface area (TPSA) is 116 Å². The molecular formula is C23H32N8O2. The summed E-state index contributed by atoms with van der Waals surface area (Å²) in [7, 11) is 6.00. The Kier molecular flexibility index (Phi) is 7.19. The van der Waals surface area contributed by atoms with Gasteiger partial charge in [0.15, 0.2) is 5.88 Å². The Morgan fingerprint density at radius 2 is 1.91 bits per heavy atom. The maximum Gasteiger partial charge on any atom is 0.199 e. The Labute approximate surface area is 193 Å². The molecule has 0 spiro atoms. The third-order valence-corrected chi connectivity index (χ3v) is 5.92. The number of H-pyrrole nitrogens is 1. The number of aromatic nitrogens is 3. The second-order valence-electron chi connectivity index (χ2n) is 8.65. The molecule has 0 amide bonds. The number of β-amino-alcohol motifs (C(OH)–C–C–N with tert-alkyl or cyclic N) is 1. The van der Waals surface area contributed by atoms with Crippen molar-refractivity contribution < 1.29 is 10.2 Å². The Bertz CT molecular complexity index is 1120. The second kappa shape index (κ2) is 10.3. The largest absolute Gasteiger partial charge is 0.494 e. The number of benzene rings is 1. The van der Waals surface area contributed by atoms with E-state index in [-0.39, 0.29) is 5.88 Å². The van der Waals surface area contributed by atoms with Crippen molar-refractivity contribution in [3.05, 3.63) is 41.7 Å². The Balaban J connectivity index is 1.67. The number of hydrogen-bond acceptors (Lipinski definition) is 9. The lowest BCUT2D eigenvalue weighted by molar-refractivity contribution is -0.00518. The number of aromatic amines is 1. The first-order chi connectivity index (χ1) is 15.9. The van der Waals surface area contributed by atoms with Crippen LogP contribution in [0.1, 0.15) is 11.1 Å². The SMILES string of the molecule is CN1CCNc2ncnc3[nH]c(O)c(c23)C=Nc2cccc(c2)CN(C)CC(O)N(C)CC1. The summed E-state index contributed by atoms with van der Waals surface area (Å²) >= 11 is 0. The van der Waals surface area contributed by atoms with E-state index in [1.807, 2.05) is 43.3 Å². The number of nitrogens with one attached hydrogen (secondary N) is 2. The van der Waals surface area contributed by atoms with Gasteiger partial charge < -0.3 is 25.4 Å². The van der Waals surface area contributed by atoms with Gasteiger partial charge in [-0.05, 0) is 38.8 Å². The second-order valence-corrected chi connectivity index (χ2v) is 8.65. The molecule has 1 aliphatic rings. The van der Waals surface area contributed by atoms with Crippen LogP contribution in [-0.2, 0) is 6.54 Å². The van der Waals surface area contributed by atoms with E-state index < -0.39 is 6.23 Å². The molecular weight excluding hydrogens is 420 g/mol. The molecule has 2 aromatic heterocycles. The van der Waals surface area contributed by atoms with Crippen LogP contribution in [0.25, 0.3) is 11.0 Å². The summed E-state index contributed by atoms with van der Waals surface area (Å²) in [6.45, 7) is 4.27. The minimum absolute atomic E-state index is 0.00761. The van der Waals surface area contributed by atoms with E-state index in [2.05, 4.69) is 42.1 Å². The molecule has 0 saturated heterocycles. The van der Waals surface area contributed by atoms with E-state index in [4.69, 9.17) is 0 Å². The fraction of sp³-hybridized carbons (Fsp3) is 0.435. The highest BCUT2D eigenvalue weighted by molar-refractivity contribution is 6.06. The van der Waals surface area contributed by atoms with Crippen LogP contribution in [0.15, 0.2) is 35.6 Å². The zero-order valence-electron chi connectivity index (χ0n) is 19.4. The van der Waals surface area contributed by atoms with Crippen molar-refractivity contribution in [1.29, 1.82) is 0 Å². The number of hydrogen-bond donors (Lipinski definition) is 4. The number of rotatable bonds is 0. The van der Waals surface area contributed by atoms with Crippen LogP contribution in [0.3, 0.4) is 0 Å². The van der Waals surface area contributed by atoms with Crippen LogP contribution in [0.5, 0.6) is 5.88 Å². The Morgan fingerprint density at radius 1 is 1.06 bits per heavy atom. The Hall–Kier alpha value is -3.05. The van der Waals surface area contributed by atoms with Crippen molar-refractivity contribution in [1.82, 2.24) is 29.7 Å². The number of aliphatic imine (C=N–C) groups is 1. The predicted octanol–water partition coefficient (Wildman–Crippen LogP) is 1.45. The molecule has 2 bridgehead atoms. The molecule has 0 radical (unpaired) electrons. The van der Waals surface area contributed by atoms with E-state index in [0.717, 1.165) is 30.9 Å². The molecule has 4 rings (SSSR count). The van der Waals surface area contributed by atoms with E-state index in [1.165, 1.54) is 6.33 Å². The van der Waals surface area contributed by atoms with Crippen LogP contribution in [0.2, 0.25) is 0 Å². The molecule has 10 heteroatoms. The maximum absolute atomic E-state index is 10.6. The summed E-state index contributed by atoms with van der Waals surface area (Å²) in [6, 6.07) is 7.93. The first-order valence-corrected chi connectivity index (χ1v) is 11.1. The minimum Gasteiger partial charge on any atom is -0.494 e. The molecule has 4 N–H and O–H groups in total. The van der Waals surface area contributed by atoms with Gasteiger partial charge in [0, 0.05) is 45.5 Å². The lowest BCUT2D eigenvalue weighted by Crippen LogP contribution is -2.43. The van der Waals surface area contributed by atoms with Crippen molar-refractivity contribution in [2.24, 2.45) is 4.99 Å². The molecule has 0 saturated carbocycles. The van der Waals surface area contributed by atoms with Crippen LogP contribution < -0.4 is 5.32 Å². The first-order valence-electron chi connectivity index (χ1n) is 11.1. The van der Waals surface area contributed by atoms with E-state index in [0.29, 0.717) is 42.0 Å². The van der Waals surface area contributed by atoms with Crippen molar-refractivity contribution >= 4 is 28.8 Å². The molecule has 33 heavy (non-hydrogen) atoms. The lowest BCUT2D eigenvalue weighted by atomic mass is 10.2. The van der Waals surface area contributed by atoms with Gasteiger partial charge in [-0.1, -0.05) is 12.1 Å². The molecule has 1 atom stereocenters. The monoisotopic (exact) mass is 452 g/mol. The average Bonchev–Trinajstić information content (AvgIpc) is 3.11. The normalized spacial score (nSPS) is 20.2. The van der Waals surface area contributed by atoms with Crippen molar-refractivity contribution in [2.45, 2.75) is 12.8 Å². The van der Waals surface area contributed by atoms with Crippen LogP contribution >= 0.6 is 0 Å². The van der Waals surface area contributed by atoms with Crippen LogP contribution in [0.4, 0.5) is 11.5 Å². The zero-order chi connectivity index (χ0) is 23.4. The van der Waals surface area contributed by atoms with Gasteiger partial charge in [0.25, 0.3) is 0 Å². The van der Waals surface area contributed by atoms with E-state index in [1.54, 1.807) is 6.21 Å². The minimum atomic E-state index is -0.548. The summed E-state index contributed by atoms with van der Waals surface area (Å²) in [4.78, 5) is 22.4. The highest BCUT2D eigenvalue weighted by atomic mass is 16.3. The zero-order valence-corrected chi connectivity index (χ0v) is 19.4. The third kappa shape index (κ3) is 5.66. The molecule has 1 unspecified atom stereocenters. The van der Waals surface area contributed by atoms with Gasteiger partial charge in [-0.25, -0.2) is 9.97 Å². The predicted molar refractivity (Wildman–Crippen MR) is 130 cm³/mol. The molecule has 3 aromatic rings. The summed E-state index contributed by atoms with van der Waals surface area (Å²) in [5.74, 6) is 0.653. The molecule has 1 aliphatic heterocycles. The number of aliphatic hydroxyl groups excluding tert-OH is 1. The maximum atomic E-state index is 10.6. The first kappa shape index (κ1) is 23.1. The molecule has 176 valence electrons. The molecule has 1 aromatic carbocycles. The highest BCUT2D eigenvalue weighted by Gasteiger charge is 2.17. The van der Waals surface area contributed by atoms with Crippen LogP contribution in [-0.4, -0.2) is 106 Å². The average molecular weight is 453 g/mol. The summed E-state index contributed by atoms with van der Waals surface area (Å²) in [5.41, 5.74) is 2.97. The number of nitrogens with zero attached hydrogens (tertiary/aromatic N) is 6. The standard InChI is InChI=1S/C23H32N8O2/c1-29-8-7-24-21-20-18(23(33)28-22(20)27-15-26-21)12-25-17-6-4-5-16(11-17)13-30(2)14-19(32)31(3)10-9-29/h4-6,11-12,15,19,32-33H,7-10,13-14H2,1-3H3,(H2,24,26,27,28). The summed E-state index contributed by atoms with van der Waals surface area (Å²) in [6.07, 6.45) is 2.56. The molecule has 10 nitrogen and oxygen atoms in total. The summed E-state index contributed by atoms with van der Waals surface area (Å²) in [5, 5.41) is 25.2. The van der Waals surface area contributed by atoms with Crippen LogP contribution in [0, 0.1) is 0 Å². The van der Waals surface area contributed by atoms with Gasteiger partial charge in [-0.2, -0.15) is 0 Å². The van der Waals surface area contributed by atoms with Gasteiger partial charge >= 0.3 is 0 Å². The molecule has 0 aliphatic carbocycles. The number of likely N-dealkylation sites (N-methyl/N-ethyl adjacent to an activating group) is 3. The van der Waals surface area contributed by atoms with E-state index in [9.17, 15) is 10.2 Å². The smallest absolute Gasteiger partial charge is 0.199 e. The molecule has 0 fully saturated rings. The van der Waals surface area contributed by atoms with Gasteiger partial charge in [0.05, 0.1) is 16.6 Å². The number of aromatic hydroxyl groups is 1. The number of aliphatic hydroxyl groups is 1. The van der Waals surface area contributed by atoms with Crippen molar-refractivity contribution in [3.8, 4) is 5.88 Å².